The lowest BCUT2D eigenvalue weighted by molar-refractivity contribution is 0.687. The Bertz CT molecular complexity index is 671. The molecule has 5 heteroatoms. The molecule has 0 spiro atoms. The maximum Gasteiger partial charge on any atom is 0.0925 e. The monoisotopic (exact) mass is 298 g/mol. The lowest BCUT2D eigenvalue weighted by atomic mass is 10.2. The lowest BCUT2D eigenvalue weighted by Gasteiger charge is -2.06. The van der Waals surface area contributed by atoms with Crippen LogP contribution in [0, 0.1) is 0 Å². The van der Waals surface area contributed by atoms with Gasteiger partial charge in [-0.15, -0.1) is 11.3 Å². The van der Waals surface area contributed by atoms with Crippen LogP contribution in [0.4, 0.5) is 5.69 Å². The molecule has 0 fully saturated rings. The molecule has 0 bridgehead atoms. The Morgan fingerprint density at radius 3 is 2.76 bits per heavy atom. The zero-order chi connectivity index (χ0) is 14.5. The van der Waals surface area contributed by atoms with Crippen molar-refractivity contribution in [2.24, 2.45) is 0 Å². The Morgan fingerprint density at radius 1 is 1.24 bits per heavy atom. The quantitative estimate of drug-likeness (QED) is 0.756. The third kappa shape index (κ3) is 3.70. The minimum atomic E-state index is 0.808. The highest BCUT2D eigenvalue weighted by atomic mass is 32.1. The fourth-order valence-electron chi connectivity index (χ4n) is 2.09. The highest BCUT2D eigenvalue weighted by Crippen LogP contribution is 2.16. The number of aryl methyl sites for hydroxylation is 1. The highest BCUT2D eigenvalue weighted by Gasteiger charge is 2.01. The van der Waals surface area contributed by atoms with Crippen LogP contribution in [0.5, 0.6) is 0 Å². The van der Waals surface area contributed by atoms with Gasteiger partial charge in [0.25, 0.3) is 0 Å². The minimum absolute atomic E-state index is 0.808. The van der Waals surface area contributed by atoms with E-state index in [1.54, 1.807) is 17.5 Å². The molecule has 0 aliphatic carbocycles. The van der Waals surface area contributed by atoms with Crippen LogP contribution in [0.3, 0.4) is 0 Å². The summed E-state index contributed by atoms with van der Waals surface area (Å²) in [4.78, 5) is 5.64. The van der Waals surface area contributed by atoms with Crippen molar-refractivity contribution in [2.75, 3.05) is 5.32 Å². The molecule has 0 radical (unpaired) electrons. The fraction of sp³-hybridized carbons (Fsp3) is 0.250. The van der Waals surface area contributed by atoms with Crippen molar-refractivity contribution >= 4 is 17.0 Å². The summed E-state index contributed by atoms with van der Waals surface area (Å²) in [5.74, 6) is 0. The molecule has 1 N–H and O–H groups in total. The first-order chi connectivity index (χ1) is 10.3. The molecule has 0 aliphatic heterocycles. The number of anilines is 1. The second kappa shape index (κ2) is 6.54. The van der Waals surface area contributed by atoms with Crippen LogP contribution in [0.2, 0.25) is 0 Å². The first kappa shape index (κ1) is 13.8. The van der Waals surface area contributed by atoms with Crippen LogP contribution < -0.4 is 5.32 Å². The van der Waals surface area contributed by atoms with Gasteiger partial charge in [-0.25, -0.2) is 4.98 Å². The summed E-state index contributed by atoms with van der Waals surface area (Å²) in [6.07, 6.45) is 6.74. The molecular weight excluding hydrogens is 280 g/mol. The van der Waals surface area contributed by atoms with Crippen LogP contribution in [0.1, 0.15) is 22.4 Å². The average molecular weight is 298 g/mol. The molecule has 0 unspecified atom stereocenters. The third-order valence-electron chi connectivity index (χ3n) is 3.23. The maximum atomic E-state index is 4.37. The molecule has 2 aromatic heterocycles. The van der Waals surface area contributed by atoms with Gasteiger partial charge in [0, 0.05) is 29.2 Å². The number of nitrogens with zero attached hydrogens (tertiary/aromatic N) is 3. The van der Waals surface area contributed by atoms with Gasteiger partial charge in [-0.2, -0.15) is 5.10 Å². The number of aromatic nitrogens is 3. The largest absolute Gasteiger partial charge is 0.380 e. The molecule has 3 aromatic rings. The standard InChI is InChI=1S/C16H18N4S/c1-2-16-18-11-15(21-16)10-17-14-6-4-13(5-7-14)12-20-9-3-8-19-20/h3-9,11,17H,2,10,12H2,1H3. The number of rotatable bonds is 6. The number of hydrogen-bond donors (Lipinski definition) is 1. The van der Waals surface area contributed by atoms with Crippen molar-refractivity contribution < 1.29 is 0 Å². The summed E-state index contributed by atoms with van der Waals surface area (Å²) in [5.41, 5.74) is 2.38. The van der Waals surface area contributed by atoms with E-state index in [1.165, 1.54) is 15.4 Å². The molecule has 21 heavy (non-hydrogen) atoms. The Kier molecular flexibility index (Phi) is 4.31. The SMILES string of the molecule is CCc1ncc(CNc2ccc(Cn3cccn3)cc2)s1. The zero-order valence-electron chi connectivity index (χ0n) is 12.0. The molecule has 3 rings (SSSR count). The summed E-state index contributed by atoms with van der Waals surface area (Å²) in [7, 11) is 0. The number of nitrogens with one attached hydrogen (secondary N) is 1. The van der Waals surface area contributed by atoms with Gasteiger partial charge in [0.1, 0.15) is 0 Å². The van der Waals surface area contributed by atoms with Gasteiger partial charge in [0.05, 0.1) is 18.1 Å². The van der Waals surface area contributed by atoms with E-state index in [0.29, 0.717) is 0 Å². The first-order valence-electron chi connectivity index (χ1n) is 7.07. The van der Waals surface area contributed by atoms with Crippen molar-refractivity contribution in [1.82, 2.24) is 14.8 Å². The molecule has 2 heterocycles. The van der Waals surface area contributed by atoms with Gasteiger partial charge in [0.2, 0.25) is 0 Å². The summed E-state index contributed by atoms with van der Waals surface area (Å²) in [6, 6.07) is 10.4. The predicted molar refractivity (Wildman–Crippen MR) is 86.6 cm³/mol. The normalized spacial score (nSPS) is 10.7. The van der Waals surface area contributed by atoms with Gasteiger partial charge in [0.15, 0.2) is 0 Å². The molecule has 0 saturated carbocycles. The Labute approximate surface area is 128 Å². The molecular formula is C16H18N4S. The van der Waals surface area contributed by atoms with Crippen molar-refractivity contribution in [2.45, 2.75) is 26.4 Å². The van der Waals surface area contributed by atoms with E-state index in [4.69, 9.17) is 0 Å². The Morgan fingerprint density at radius 2 is 2.10 bits per heavy atom. The molecule has 0 aliphatic rings. The number of hydrogen-bond acceptors (Lipinski definition) is 4. The van der Waals surface area contributed by atoms with E-state index in [-0.39, 0.29) is 0 Å². The Hall–Kier alpha value is -2.14. The number of benzene rings is 1. The van der Waals surface area contributed by atoms with Crippen LogP contribution >= 0.6 is 11.3 Å². The third-order valence-corrected chi connectivity index (χ3v) is 4.37. The molecule has 0 saturated heterocycles. The zero-order valence-corrected chi connectivity index (χ0v) is 12.8. The van der Waals surface area contributed by atoms with Crippen molar-refractivity contribution in [1.29, 1.82) is 0 Å². The van der Waals surface area contributed by atoms with E-state index < -0.39 is 0 Å². The lowest BCUT2D eigenvalue weighted by Crippen LogP contribution is -2.01. The van der Waals surface area contributed by atoms with Gasteiger partial charge in [-0.3, -0.25) is 4.68 Å². The highest BCUT2D eigenvalue weighted by molar-refractivity contribution is 7.11. The smallest absolute Gasteiger partial charge is 0.0925 e. The van der Waals surface area contributed by atoms with Gasteiger partial charge < -0.3 is 5.32 Å². The van der Waals surface area contributed by atoms with Crippen molar-refractivity contribution in [3.8, 4) is 0 Å². The van der Waals surface area contributed by atoms with Crippen LogP contribution in [-0.2, 0) is 19.5 Å². The van der Waals surface area contributed by atoms with E-state index in [1.807, 2.05) is 23.1 Å². The average Bonchev–Trinajstić information content (AvgIpc) is 3.18. The predicted octanol–water partition coefficient (Wildman–Crippen LogP) is 3.56. The molecule has 4 nitrogen and oxygen atoms in total. The number of thiazole rings is 1. The van der Waals surface area contributed by atoms with Crippen molar-refractivity contribution in [3.63, 3.8) is 0 Å². The second-order valence-electron chi connectivity index (χ2n) is 4.83. The maximum absolute atomic E-state index is 4.37. The van der Waals surface area contributed by atoms with Crippen molar-refractivity contribution in [3.05, 3.63) is 64.4 Å². The second-order valence-corrected chi connectivity index (χ2v) is 6.03. The van der Waals surface area contributed by atoms with Gasteiger partial charge >= 0.3 is 0 Å². The molecule has 1 aromatic carbocycles. The van der Waals surface area contributed by atoms with Crippen LogP contribution in [0.15, 0.2) is 48.9 Å². The molecule has 108 valence electrons. The van der Waals surface area contributed by atoms with E-state index >= 15 is 0 Å². The van der Waals surface area contributed by atoms with Crippen LogP contribution in [-0.4, -0.2) is 14.8 Å². The summed E-state index contributed by atoms with van der Waals surface area (Å²) < 4.78 is 1.92. The summed E-state index contributed by atoms with van der Waals surface area (Å²) in [5, 5.41) is 8.84. The molecule has 0 amide bonds. The Balaban J connectivity index is 1.56. The van der Waals surface area contributed by atoms with Crippen LogP contribution in [0.25, 0.3) is 0 Å². The van der Waals surface area contributed by atoms with Gasteiger partial charge in [-0.05, 0) is 30.2 Å². The van der Waals surface area contributed by atoms with E-state index in [9.17, 15) is 0 Å². The van der Waals surface area contributed by atoms with Gasteiger partial charge in [-0.1, -0.05) is 19.1 Å². The summed E-state index contributed by atoms with van der Waals surface area (Å²) >= 11 is 1.77. The fourth-order valence-corrected chi connectivity index (χ4v) is 2.89. The summed E-state index contributed by atoms with van der Waals surface area (Å²) in [6.45, 7) is 3.77. The van der Waals surface area contributed by atoms with E-state index in [2.05, 4.69) is 46.6 Å². The minimum Gasteiger partial charge on any atom is -0.380 e. The molecule has 0 atom stereocenters. The van der Waals surface area contributed by atoms with E-state index in [0.717, 1.165) is 25.2 Å². The topological polar surface area (TPSA) is 42.7 Å². The first-order valence-corrected chi connectivity index (χ1v) is 7.89.